The molecule has 0 radical (unpaired) electrons. The predicted octanol–water partition coefficient (Wildman–Crippen LogP) is 1.36. The summed E-state index contributed by atoms with van der Waals surface area (Å²) in [6.45, 7) is 5.68. The second-order valence-corrected chi connectivity index (χ2v) is 7.00. The number of aliphatic hydroxyl groups excluding tert-OH is 1. The number of fused-ring (bicyclic) bond motifs is 1. The van der Waals surface area contributed by atoms with Gasteiger partial charge >= 0.3 is 0 Å². The Morgan fingerprint density at radius 3 is 2.50 bits per heavy atom. The zero-order valence-electron chi connectivity index (χ0n) is 11.1. The van der Waals surface area contributed by atoms with Crippen molar-refractivity contribution in [1.82, 2.24) is 0 Å². The van der Waals surface area contributed by atoms with Crippen LogP contribution in [0.4, 0.5) is 0 Å². The van der Waals surface area contributed by atoms with Gasteiger partial charge in [0, 0.05) is 24.2 Å². The minimum absolute atomic E-state index is 0.0759. The van der Waals surface area contributed by atoms with Crippen molar-refractivity contribution in [2.45, 2.75) is 45.0 Å². The van der Waals surface area contributed by atoms with Gasteiger partial charge < -0.3 is 19.4 Å². The van der Waals surface area contributed by atoms with Gasteiger partial charge in [0.25, 0.3) is 0 Å². The van der Waals surface area contributed by atoms with E-state index in [0.717, 1.165) is 19.1 Å². The van der Waals surface area contributed by atoms with Crippen molar-refractivity contribution in [3.8, 4) is 0 Å². The highest BCUT2D eigenvalue weighted by Gasteiger charge is 2.56. The topological polar surface area (TPSA) is 55.8 Å². The van der Waals surface area contributed by atoms with Crippen LogP contribution in [0.1, 0.15) is 33.1 Å². The molecule has 4 nitrogen and oxygen atoms in total. The third kappa shape index (κ3) is 1.91. The van der Waals surface area contributed by atoms with E-state index in [1.54, 1.807) is 0 Å². The second-order valence-electron chi connectivity index (χ2n) is 7.00. The highest BCUT2D eigenvalue weighted by Crippen LogP contribution is 2.54. The Kier molecular flexibility index (Phi) is 2.81. The van der Waals surface area contributed by atoms with Crippen molar-refractivity contribution in [2.75, 3.05) is 13.2 Å². The molecule has 0 unspecified atom stereocenters. The van der Waals surface area contributed by atoms with Gasteiger partial charge in [0.15, 0.2) is 5.79 Å². The summed E-state index contributed by atoms with van der Waals surface area (Å²) < 4.78 is 12.0. The molecule has 1 saturated heterocycles. The summed E-state index contributed by atoms with van der Waals surface area (Å²) in [6.07, 6.45) is 2.76. The summed E-state index contributed by atoms with van der Waals surface area (Å²) in [4.78, 5) is 11.1. The molecule has 0 aromatic carbocycles. The monoisotopic (exact) mass is 254 g/mol. The lowest BCUT2D eigenvalue weighted by atomic mass is 9.91. The van der Waals surface area contributed by atoms with Crippen LogP contribution < -0.4 is 0 Å². The van der Waals surface area contributed by atoms with E-state index in [9.17, 15) is 9.90 Å². The average molecular weight is 254 g/mol. The lowest BCUT2D eigenvalue weighted by Crippen LogP contribution is -2.46. The van der Waals surface area contributed by atoms with E-state index in [0.29, 0.717) is 25.6 Å². The van der Waals surface area contributed by atoms with Crippen LogP contribution in [-0.2, 0) is 14.3 Å². The Hall–Kier alpha value is -0.450. The van der Waals surface area contributed by atoms with Gasteiger partial charge in [-0.2, -0.15) is 0 Å². The molecule has 0 bridgehead atoms. The van der Waals surface area contributed by atoms with Crippen molar-refractivity contribution in [1.29, 1.82) is 0 Å². The molecule has 4 atom stereocenters. The van der Waals surface area contributed by atoms with Crippen LogP contribution in [0, 0.1) is 23.2 Å². The maximum absolute atomic E-state index is 11.1. The molecular formula is C14H22O4. The smallest absolute Gasteiger partial charge is 0.168 e. The van der Waals surface area contributed by atoms with Gasteiger partial charge in [-0.05, 0) is 18.3 Å². The molecule has 1 spiro atoms. The van der Waals surface area contributed by atoms with Crippen LogP contribution in [-0.4, -0.2) is 36.5 Å². The van der Waals surface area contributed by atoms with Crippen LogP contribution >= 0.6 is 0 Å². The Balaban J connectivity index is 1.71. The standard InChI is InChI=1S/C14H22O4/c1-13(2)7-17-14(18-8-13)4-9-3-12(16)11(6-15)10(9)5-14/h6,9-12,16H,3-5,7-8H2,1-2H3/t9-,10+,11-,12-/m1/s1. The zero-order valence-corrected chi connectivity index (χ0v) is 11.1. The van der Waals surface area contributed by atoms with E-state index in [4.69, 9.17) is 9.47 Å². The van der Waals surface area contributed by atoms with Crippen molar-refractivity contribution < 1.29 is 19.4 Å². The second kappa shape index (κ2) is 4.02. The highest BCUT2D eigenvalue weighted by molar-refractivity contribution is 5.56. The van der Waals surface area contributed by atoms with E-state index >= 15 is 0 Å². The van der Waals surface area contributed by atoms with Crippen LogP contribution in [0.3, 0.4) is 0 Å². The quantitative estimate of drug-likeness (QED) is 0.718. The first-order valence-electron chi connectivity index (χ1n) is 6.86. The van der Waals surface area contributed by atoms with Gasteiger partial charge in [0.2, 0.25) is 0 Å². The predicted molar refractivity (Wildman–Crippen MR) is 64.8 cm³/mol. The van der Waals surface area contributed by atoms with Crippen LogP contribution in [0.5, 0.6) is 0 Å². The fraction of sp³-hybridized carbons (Fsp3) is 0.929. The number of carbonyl (C=O) groups excluding carboxylic acids is 1. The number of rotatable bonds is 1. The largest absolute Gasteiger partial charge is 0.392 e. The molecule has 18 heavy (non-hydrogen) atoms. The normalized spacial score (nSPS) is 45.1. The lowest BCUT2D eigenvalue weighted by molar-refractivity contribution is -0.298. The van der Waals surface area contributed by atoms with Crippen molar-refractivity contribution in [3.63, 3.8) is 0 Å². The molecule has 0 amide bonds. The Morgan fingerprint density at radius 1 is 1.22 bits per heavy atom. The fourth-order valence-corrected chi connectivity index (χ4v) is 3.79. The maximum Gasteiger partial charge on any atom is 0.168 e. The first kappa shape index (κ1) is 12.6. The van der Waals surface area contributed by atoms with Gasteiger partial charge in [-0.15, -0.1) is 0 Å². The number of hydrogen-bond acceptors (Lipinski definition) is 4. The SMILES string of the molecule is CC1(C)COC2(C[C@H]3C[C@@H](O)[C@H](C=O)[C@H]3C2)OC1. The molecule has 3 fully saturated rings. The number of aliphatic hydroxyl groups is 1. The maximum atomic E-state index is 11.1. The third-order valence-electron chi connectivity index (χ3n) is 4.82. The van der Waals surface area contributed by atoms with Gasteiger partial charge in [0.05, 0.1) is 19.3 Å². The Morgan fingerprint density at radius 2 is 1.89 bits per heavy atom. The molecule has 3 aliphatic rings. The van der Waals surface area contributed by atoms with Gasteiger partial charge in [0.1, 0.15) is 6.29 Å². The fourth-order valence-electron chi connectivity index (χ4n) is 3.79. The Bertz CT molecular complexity index is 342. The third-order valence-corrected chi connectivity index (χ3v) is 4.82. The number of hydrogen-bond donors (Lipinski definition) is 1. The summed E-state index contributed by atoms with van der Waals surface area (Å²) in [5.41, 5.74) is 0.0759. The first-order chi connectivity index (χ1) is 8.45. The number of aldehydes is 1. The van der Waals surface area contributed by atoms with Crippen molar-refractivity contribution in [2.24, 2.45) is 23.2 Å². The van der Waals surface area contributed by atoms with E-state index in [-0.39, 0.29) is 17.3 Å². The van der Waals surface area contributed by atoms with Crippen LogP contribution in [0.15, 0.2) is 0 Å². The van der Waals surface area contributed by atoms with Gasteiger partial charge in [-0.1, -0.05) is 13.8 Å². The molecule has 1 N–H and O–H groups in total. The first-order valence-corrected chi connectivity index (χ1v) is 6.86. The van der Waals surface area contributed by atoms with Crippen molar-refractivity contribution in [3.05, 3.63) is 0 Å². The summed E-state index contributed by atoms with van der Waals surface area (Å²) in [5.74, 6) is -0.0988. The average Bonchev–Trinajstić information content (AvgIpc) is 2.77. The molecule has 2 aliphatic carbocycles. The molecule has 0 aromatic heterocycles. The van der Waals surface area contributed by atoms with E-state index in [1.165, 1.54) is 0 Å². The molecule has 102 valence electrons. The van der Waals surface area contributed by atoms with E-state index < -0.39 is 11.9 Å². The molecule has 2 saturated carbocycles. The Labute approximate surface area is 108 Å². The van der Waals surface area contributed by atoms with E-state index in [1.807, 2.05) is 0 Å². The van der Waals surface area contributed by atoms with Gasteiger partial charge in [-0.25, -0.2) is 0 Å². The zero-order chi connectivity index (χ0) is 13.0. The van der Waals surface area contributed by atoms with Gasteiger partial charge in [-0.3, -0.25) is 0 Å². The summed E-state index contributed by atoms with van der Waals surface area (Å²) in [5, 5.41) is 9.85. The van der Waals surface area contributed by atoms with Crippen LogP contribution in [0.2, 0.25) is 0 Å². The summed E-state index contributed by atoms with van der Waals surface area (Å²) >= 11 is 0. The molecule has 4 heteroatoms. The summed E-state index contributed by atoms with van der Waals surface area (Å²) in [6, 6.07) is 0. The molecule has 1 aliphatic heterocycles. The minimum Gasteiger partial charge on any atom is -0.392 e. The molecule has 1 heterocycles. The molecular weight excluding hydrogens is 232 g/mol. The minimum atomic E-state index is -0.480. The van der Waals surface area contributed by atoms with Crippen LogP contribution in [0.25, 0.3) is 0 Å². The van der Waals surface area contributed by atoms with E-state index in [2.05, 4.69) is 13.8 Å². The number of carbonyl (C=O) groups is 1. The lowest BCUT2D eigenvalue weighted by Gasteiger charge is -2.42. The molecule has 3 rings (SSSR count). The number of ether oxygens (including phenoxy) is 2. The van der Waals surface area contributed by atoms with Crippen molar-refractivity contribution >= 4 is 6.29 Å². The summed E-state index contributed by atoms with van der Waals surface area (Å²) in [7, 11) is 0. The highest BCUT2D eigenvalue weighted by atomic mass is 16.7. The molecule has 0 aromatic rings.